The van der Waals surface area contributed by atoms with Crippen LogP contribution >= 0.6 is 0 Å². The lowest BCUT2D eigenvalue weighted by molar-refractivity contribution is -0.137. The number of hydrogen-bond donors (Lipinski definition) is 2. The third-order valence-corrected chi connectivity index (χ3v) is 7.84. The highest BCUT2D eigenvalue weighted by Gasteiger charge is 2.32. The average molecular weight is 501 g/mol. The van der Waals surface area contributed by atoms with Crippen LogP contribution in [0, 0.1) is 5.92 Å². The minimum atomic E-state index is -0.744. The summed E-state index contributed by atoms with van der Waals surface area (Å²) in [5.41, 5.74) is 2.63. The second-order valence-corrected chi connectivity index (χ2v) is 10.4. The van der Waals surface area contributed by atoms with E-state index in [0.717, 1.165) is 45.3 Å². The van der Waals surface area contributed by atoms with E-state index in [-0.39, 0.29) is 18.4 Å². The van der Waals surface area contributed by atoms with Crippen LogP contribution in [0.25, 0.3) is 10.8 Å². The molecular weight excluding hydrogens is 460 g/mol. The van der Waals surface area contributed by atoms with Crippen LogP contribution in [-0.2, 0) is 9.59 Å². The number of amides is 1. The van der Waals surface area contributed by atoms with E-state index >= 15 is 0 Å². The first-order valence-electron chi connectivity index (χ1n) is 13.8. The van der Waals surface area contributed by atoms with E-state index in [9.17, 15) is 9.59 Å². The molecule has 1 amide bonds. The number of nitrogens with zero attached hydrogens (tertiary/aromatic N) is 1. The van der Waals surface area contributed by atoms with Crippen LogP contribution in [-0.4, -0.2) is 41.5 Å². The summed E-state index contributed by atoms with van der Waals surface area (Å²) in [5.74, 6) is 0.253. The summed E-state index contributed by atoms with van der Waals surface area (Å²) in [4.78, 5) is 25.7. The molecule has 1 saturated heterocycles. The van der Waals surface area contributed by atoms with Crippen LogP contribution < -0.4 is 5.32 Å². The van der Waals surface area contributed by atoms with Crippen LogP contribution in [0.4, 0.5) is 0 Å². The van der Waals surface area contributed by atoms with Crippen molar-refractivity contribution in [2.24, 2.45) is 5.92 Å². The standard InChI is InChI=1S/C32H40N2O3/c1-24(28-17-11-15-25-14-9-10-16-29(25)28)33-22-27-20-21-34(23-30(27)26-12-5-4-6-13-26)31(35)18-7-2-3-8-19-32(36)37/h4-6,9-17,24,27,30,33H,2-3,7-8,18-23H2,1H3,(H,36,37)/t24-,27?,30?/m1/s1. The van der Waals surface area contributed by atoms with Crippen molar-refractivity contribution < 1.29 is 14.7 Å². The van der Waals surface area contributed by atoms with Gasteiger partial charge in [0.1, 0.15) is 0 Å². The lowest BCUT2D eigenvalue weighted by atomic mass is 9.80. The Balaban J connectivity index is 1.35. The number of rotatable bonds is 12. The Kier molecular flexibility index (Phi) is 9.72. The van der Waals surface area contributed by atoms with Crippen molar-refractivity contribution in [3.63, 3.8) is 0 Å². The molecule has 37 heavy (non-hydrogen) atoms. The molecule has 4 rings (SSSR count). The van der Waals surface area contributed by atoms with Crippen LogP contribution in [0.15, 0.2) is 72.8 Å². The van der Waals surface area contributed by atoms with Gasteiger partial charge in [-0.3, -0.25) is 9.59 Å². The molecule has 1 heterocycles. The Labute approximate surface area is 220 Å². The molecule has 0 aromatic heterocycles. The number of benzene rings is 3. The third-order valence-electron chi connectivity index (χ3n) is 7.84. The number of unbranched alkanes of at least 4 members (excludes halogenated alkanes) is 3. The maximum Gasteiger partial charge on any atom is 0.303 e. The zero-order chi connectivity index (χ0) is 26.0. The first kappa shape index (κ1) is 26.9. The lowest BCUT2D eigenvalue weighted by Crippen LogP contribution is -2.45. The zero-order valence-electron chi connectivity index (χ0n) is 21.9. The van der Waals surface area contributed by atoms with Gasteiger partial charge in [-0.15, -0.1) is 0 Å². The van der Waals surface area contributed by atoms with Crippen LogP contribution in [0.2, 0.25) is 0 Å². The first-order valence-corrected chi connectivity index (χ1v) is 13.8. The van der Waals surface area contributed by atoms with E-state index in [1.807, 2.05) is 0 Å². The van der Waals surface area contributed by atoms with Crippen molar-refractivity contribution >= 4 is 22.6 Å². The Hall–Kier alpha value is -3.18. The number of carbonyl (C=O) groups excluding carboxylic acids is 1. The maximum atomic E-state index is 13.0. The number of aliphatic carboxylic acids is 1. The van der Waals surface area contributed by atoms with Crippen LogP contribution in [0.5, 0.6) is 0 Å². The van der Waals surface area contributed by atoms with Crippen molar-refractivity contribution in [1.29, 1.82) is 0 Å². The molecule has 0 radical (unpaired) electrons. The maximum absolute atomic E-state index is 13.0. The van der Waals surface area contributed by atoms with E-state index in [2.05, 4.69) is 89.9 Å². The number of carboxylic acid groups (broad SMARTS) is 1. The number of piperidine rings is 1. The van der Waals surface area contributed by atoms with Gasteiger partial charge in [-0.1, -0.05) is 85.6 Å². The molecule has 1 aliphatic heterocycles. The number of hydrogen-bond acceptors (Lipinski definition) is 3. The molecule has 0 bridgehead atoms. The molecule has 0 aliphatic carbocycles. The molecule has 2 unspecified atom stereocenters. The first-order chi connectivity index (χ1) is 18.0. The molecule has 5 heteroatoms. The number of carbonyl (C=O) groups is 2. The van der Waals surface area contributed by atoms with Crippen LogP contribution in [0.3, 0.4) is 0 Å². The Morgan fingerprint density at radius 3 is 2.41 bits per heavy atom. The zero-order valence-corrected chi connectivity index (χ0v) is 21.9. The number of likely N-dealkylation sites (tertiary alicyclic amines) is 1. The largest absolute Gasteiger partial charge is 0.481 e. The summed E-state index contributed by atoms with van der Waals surface area (Å²) in [6.45, 7) is 4.72. The van der Waals surface area contributed by atoms with Gasteiger partial charge in [-0.25, -0.2) is 0 Å². The van der Waals surface area contributed by atoms with Gasteiger partial charge in [0.25, 0.3) is 0 Å². The smallest absolute Gasteiger partial charge is 0.303 e. The second-order valence-electron chi connectivity index (χ2n) is 10.4. The van der Waals surface area contributed by atoms with E-state index < -0.39 is 5.97 Å². The molecule has 1 aliphatic rings. The summed E-state index contributed by atoms with van der Waals surface area (Å²) in [5, 5.41) is 15.2. The van der Waals surface area contributed by atoms with E-state index in [1.54, 1.807) is 0 Å². The summed E-state index contributed by atoms with van der Waals surface area (Å²) in [6, 6.07) is 26.0. The van der Waals surface area contributed by atoms with Crippen LogP contribution in [0.1, 0.15) is 75.0 Å². The molecule has 3 aromatic carbocycles. The second kappa shape index (κ2) is 13.4. The number of fused-ring (bicyclic) bond motifs is 1. The fraction of sp³-hybridized carbons (Fsp3) is 0.438. The third kappa shape index (κ3) is 7.42. The van der Waals surface area contributed by atoms with Crippen molar-refractivity contribution in [1.82, 2.24) is 10.2 Å². The molecule has 3 aromatic rings. The van der Waals surface area contributed by atoms with Gasteiger partial charge in [0, 0.05) is 37.9 Å². The summed E-state index contributed by atoms with van der Waals surface area (Å²) in [6.07, 6.45) is 5.05. The highest BCUT2D eigenvalue weighted by molar-refractivity contribution is 5.86. The van der Waals surface area contributed by atoms with Gasteiger partial charge in [0.2, 0.25) is 5.91 Å². The SMILES string of the molecule is C[C@@H](NCC1CCN(C(=O)CCCCCCC(=O)O)CC1c1ccccc1)c1cccc2ccccc12. The molecule has 0 saturated carbocycles. The van der Waals surface area contributed by atoms with Crippen molar-refractivity contribution in [3.8, 4) is 0 Å². The molecule has 3 atom stereocenters. The summed E-state index contributed by atoms with van der Waals surface area (Å²) >= 11 is 0. The highest BCUT2D eigenvalue weighted by atomic mass is 16.4. The van der Waals surface area contributed by atoms with E-state index in [4.69, 9.17) is 5.11 Å². The van der Waals surface area contributed by atoms with Crippen molar-refractivity contribution in [3.05, 3.63) is 83.9 Å². The molecule has 196 valence electrons. The molecule has 5 nitrogen and oxygen atoms in total. The predicted molar refractivity (Wildman–Crippen MR) is 150 cm³/mol. The van der Waals surface area contributed by atoms with Gasteiger partial charge < -0.3 is 15.3 Å². The van der Waals surface area contributed by atoms with E-state index in [1.165, 1.54) is 21.9 Å². The van der Waals surface area contributed by atoms with Gasteiger partial charge in [-0.05, 0) is 60.5 Å². The van der Waals surface area contributed by atoms with Crippen molar-refractivity contribution in [2.75, 3.05) is 19.6 Å². The Morgan fingerprint density at radius 1 is 0.919 bits per heavy atom. The molecule has 2 N–H and O–H groups in total. The highest BCUT2D eigenvalue weighted by Crippen LogP contribution is 2.33. The summed E-state index contributed by atoms with van der Waals surface area (Å²) < 4.78 is 0. The minimum Gasteiger partial charge on any atom is -0.481 e. The van der Waals surface area contributed by atoms with Gasteiger partial charge in [0.05, 0.1) is 0 Å². The normalized spacial score (nSPS) is 18.6. The van der Waals surface area contributed by atoms with Crippen molar-refractivity contribution in [2.45, 2.75) is 63.8 Å². The van der Waals surface area contributed by atoms with E-state index in [0.29, 0.717) is 24.7 Å². The number of nitrogens with one attached hydrogen (secondary N) is 1. The predicted octanol–water partition coefficient (Wildman–Crippen LogP) is 6.55. The Morgan fingerprint density at radius 2 is 1.62 bits per heavy atom. The quantitative estimate of drug-likeness (QED) is 0.277. The van der Waals surface area contributed by atoms with Gasteiger partial charge in [-0.2, -0.15) is 0 Å². The summed E-state index contributed by atoms with van der Waals surface area (Å²) in [7, 11) is 0. The Bertz CT molecular complexity index is 1160. The molecular formula is C32H40N2O3. The monoisotopic (exact) mass is 500 g/mol. The number of carboxylic acids is 1. The minimum absolute atomic E-state index is 0.216. The molecule has 0 spiro atoms. The molecule has 1 fully saturated rings. The fourth-order valence-corrected chi connectivity index (χ4v) is 5.68. The van der Waals surface area contributed by atoms with Gasteiger partial charge >= 0.3 is 5.97 Å². The van der Waals surface area contributed by atoms with Gasteiger partial charge in [0.15, 0.2) is 0 Å². The average Bonchev–Trinajstić information content (AvgIpc) is 2.93. The fourth-order valence-electron chi connectivity index (χ4n) is 5.68. The topological polar surface area (TPSA) is 69.6 Å². The lowest BCUT2D eigenvalue weighted by Gasteiger charge is -2.39.